The van der Waals surface area contributed by atoms with Crippen molar-refractivity contribution in [1.29, 1.82) is 0 Å². The summed E-state index contributed by atoms with van der Waals surface area (Å²) < 4.78 is 3.91. The van der Waals surface area contributed by atoms with Crippen molar-refractivity contribution in [1.82, 2.24) is 9.69 Å². The summed E-state index contributed by atoms with van der Waals surface area (Å²) in [4.78, 5) is 39.3. The molecule has 0 saturated carbocycles. The van der Waals surface area contributed by atoms with Gasteiger partial charge in [-0.1, -0.05) is 12.1 Å². The van der Waals surface area contributed by atoms with E-state index in [9.17, 15) is 14.4 Å². The van der Waals surface area contributed by atoms with Crippen LogP contribution in [0.4, 0.5) is 11.4 Å². The molecule has 0 fully saturated rings. The molecule has 1 atom stereocenters. The number of nitrogens with one attached hydrogen (secondary N) is 1. The lowest BCUT2D eigenvalue weighted by molar-refractivity contribution is -0.123. The van der Waals surface area contributed by atoms with E-state index in [0.717, 1.165) is 22.7 Å². The Morgan fingerprint density at radius 2 is 1.83 bits per heavy atom. The first-order chi connectivity index (χ1) is 13.3. The molecule has 1 heterocycles. The van der Waals surface area contributed by atoms with Crippen LogP contribution in [0.15, 0.2) is 18.2 Å². The zero-order chi connectivity index (χ0) is 22.1. The molecule has 0 bridgehead atoms. The van der Waals surface area contributed by atoms with Crippen LogP contribution < -0.4 is 21.7 Å². The molecular weight excluding hydrogens is 390 g/mol. The van der Waals surface area contributed by atoms with E-state index in [-0.39, 0.29) is 22.2 Å². The largest absolute Gasteiger partial charge is 0.395 e. The Morgan fingerprint density at radius 1 is 1.21 bits per heavy atom. The number of anilines is 2. The summed E-state index contributed by atoms with van der Waals surface area (Å²) in [5.74, 6) is -1.64. The van der Waals surface area contributed by atoms with Crippen molar-refractivity contribution in [3.63, 3.8) is 0 Å². The highest BCUT2D eigenvalue weighted by molar-refractivity contribution is 7.09. The first-order valence-corrected chi connectivity index (χ1v) is 9.89. The van der Waals surface area contributed by atoms with Gasteiger partial charge in [0.05, 0.1) is 5.69 Å². The number of carbonyl (C=O) groups is 3. The van der Waals surface area contributed by atoms with Crippen molar-refractivity contribution in [2.45, 2.75) is 53.1 Å². The molecule has 0 aliphatic carbocycles. The van der Waals surface area contributed by atoms with Crippen molar-refractivity contribution in [3.8, 4) is 0 Å². The second-order valence-corrected chi connectivity index (χ2v) is 8.72. The molecule has 3 amide bonds. The Labute approximate surface area is 174 Å². The Hall–Kier alpha value is -2.94. The van der Waals surface area contributed by atoms with Crippen LogP contribution >= 0.6 is 11.5 Å². The average molecular weight is 418 g/mol. The molecular formula is C20H27N5O3S. The number of benzene rings is 1. The third kappa shape index (κ3) is 4.73. The monoisotopic (exact) mass is 417 g/mol. The Kier molecular flexibility index (Phi) is 6.32. The number of aryl methyl sites for hydroxylation is 1. The van der Waals surface area contributed by atoms with Crippen LogP contribution in [0, 0.1) is 13.8 Å². The highest BCUT2D eigenvalue weighted by atomic mass is 32.1. The number of aromatic nitrogens is 1. The van der Waals surface area contributed by atoms with Crippen LogP contribution in [0.25, 0.3) is 0 Å². The van der Waals surface area contributed by atoms with E-state index in [1.807, 2.05) is 46.8 Å². The van der Waals surface area contributed by atoms with Crippen LogP contribution in [0.3, 0.4) is 0 Å². The second kappa shape index (κ2) is 8.20. The number of carbonyl (C=O) groups excluding carboxylic acids is 3. The number of nitrogens with zero attached hydrogens (tertiary/aromatic N) is 2. The molecule has 2 aromatic rings. The maximum Gasteiger partial charge on any atom is 0.272 e. The minimum Gasteiger partial charge on any atom is -0.395 e. The minimum atomic E-state index is -0.833. The summed E-state index contributed by atoms with van der Waals surface area (Å²) in [6.45, 7) is 11.0. The molecule has 0 aliphatic heterocycles. The Morgan fingerprint density at radius 3 is 2.34 bits per heavy atom. The molecule has 0 aliphatic rings. The molecule has 1 aromatic heterocycles. The van der Waals surface area contributed by atoms with E-state index < -0.39 is 23.4 Å². The SMILES string of the molecule is Cc1cccc(N(C(=O)c2snc(C(N)=O)c2N)C(C)C(=O)NC(C)(C)C)c1C. The zero-order valence-electron chi connectivity index (χ0n) is 17.5. The second-order valence-electron chi connectivity index (χ2n) is 7.95. The van der Waals surface area contributed by atoms with Gasteiger partial charge < -0.3 is 16.8 Å². The zero-order valence-corrected chi connectivity index (χ0v) is 18.3. The maximum absolute atomic E-state index is 13.5. The van der Waals surface area contributed by atoms with E-state index >= 15 is 0 Å². The number of nitrogens with two attached hydrogens (primary N) is 2. The smallest absolute Gasteiger partial charge is 0.272 e. The molecule has 0 saturated heterocycles. The van der Waals surface area contributed by atoms with Crippen molar-refractivity contribution in [2.24, 2.45) is 5.73 Å². The molecule has 5 N–H and O–H groups in total. The molecule has 8 nitrogen and oxygen atoms in total. The lowest BCUT2D eigenvalue weighted by Gasteiger charge is -2.32. The van der Waals surface area contributed by atoms with Gasteiger partial charge in [0.25, 0.3) is 11.8 Å². The fourth-order valence-corrected chi connectivity index (χ4v) is 3.56. The van der Waals surface area contributed by atoms with Gasteiger partial charge in [-0.25, -0.2) is 0 Å². The van der Waals surface area contributed by atoms with Crippen molar-refractivity contribution >= 4 is 40.6 Å². The lowest BCUT2D eigenvalue weighted by Crippen LogP contribution is -2.53. The molecule has 1 aromatic carbocycles. The first-order valence-electron chi connectivity index (χ1n) is 9.12. The predicted molar refractivity (Wildman–Crippen MR) is 115 cm³/mol. The van der Waals surface area contributed by atoms with Gasteiger partial charge in [-0.05, 0) is 70.3 Å². The molecule has 29 heavy (non-hydrogen) atoms. The summed E-state index contributed by atoms with van der Waals surface area (Å²) in [5, 5.41) is 2.90. The quantitative estimate of drug-likeness (QED) is 0.687. The molecule has 156 valence electrons. The van der Waals surface area contributed by atoms with Crippen LogP contribution in [0.5, 0.6) is 0 Å². The van der Waals surface area contributed by atoms with Gasteiger partial charge in [-0.2, -0.15) is 4.37 Å². The summed E-state index contributed by atoms with van der Waals surface area (Å²) in [5.41, 5.74) is 13.0. The van der Waals surface area contributed by atoms with E-state index in [1.54, 1.807) is 13.0 Å². The van der Waals surface area contributed by atoms with Crippen LogP contribution in [-0.2, 0) is 4.79 Å². The summed E-state index contributed by atoms with van der Waals surface area (Å²) in [6, 6.07) is 4.68. The number of hydrogen-bond donors (Lipinski definition) is 3. The fraction of sp³-hybridized carbons (Fsp3) is 0.400. The summed E-state index contributed by atoms with van der Waals surface area (Å²) >= 11 is 0.789. The highest BCUT2D eigenvalue weighted by Crippen LogP contribution is 2.30. The number of primary amides is 1. The Balaban J connectivity index is 2.58. The highest BCUT2D eigenvalue weighted by Gasteiger charge is 2.34. The molecule has 2 rings (SSSR count). The predicted octanol–water partition coefficient (Wildman–Crippen LogP) is 2.39. The maximum atomic E-state index is 13.5. The number of nitrogen functional groups attached to an aromatic ring is 1. The van der Waals surface area contributed by atoms with Gasteiger partial charge in [0, 0.05) is 11.2 Å². The van der Waals surface area contributed by atoms with E-state index in [4.69, 9.17) is 11.5 Å². The topological polar surface area (TPSA) is 131 Å². The van der Waals surface area contributed by atoms with Crippen LogP contribution in [-0.4, -0.2) is 33.7 Å². The molecule has 1 unspecified atom stereocenters. The molecule has 0 radical (unpaired) electrons. The Bertz CT molecular complexity index is 962. The standard InChI is InChI=1S/C20H27N5O3S/c1-10-8-7-9-13(11(10)2)25(12(3)18(27)23-20(4,5)6)19(28)16-14(21)15(17(22)26)24-29-16/h7-9,12H,21H2,1-6H3,(H2,22,26)(H,23,27). The van der Waals surface area contributed by atoms with E-state index in [0.29, 0.717) is 5.69 Å². The van der Waals surface area contributed by atoms with Gasteiger partial charge in [0.2, 0.25) is 5.91 Å². The summed E-state index contributed by atoms with van der Waals surface area (Å²) in [6.07, 6.45) is 0. The van der Waals surface area contributed by atoms with Gasteiger partial charge in [0.1, 0.15) is 10.9 Å². The minimum absolute atomic E-state index is 0.0649. The van der Waals surface area contributed by atoms with E-state index in [2.05, 4.69) is 9.69 Å². The van der Waals surface area contributed by atoms with Gasteiger partial charge in [0.15, 0.2) is 5.69 Å². The van der Waals surface area contributed by atoms with Gasteiger partial charge in [-0.15, -0.1) is 0 Å². The number of hydrogen-bond acceptors (Lipinski definition) is 6. The normalized spacial score (nSPS) is 12.3. The van der Waals surface area contributed by atoms with Crippen molar-refractivity contribution in [2.75, 3.05) is 10.6 Å². The van der Waals surface area contributed by atoms with Crippen LogP contribution in [0.1, 0.15) is 59.0 Å². The summed E-state index contributed by atoms with van der Waals surface area (Å²) in [7, 11) is 0. The molecule has 9 heteroatoms. The first kappa shape index (κ1) is 22.4. The lowest BCUT2D eigenvalue weighted by atomic mass is 10.0. The average Bonchev–Trinajstić information content (AvgIpc) is 2.98. The molecule has 0 spiro atoms. The van der Waals surface area contributed by atoms with Gasteiger partial charge in [-0.3, -0.25) is 19.3 Å². The third-order valence-electron chi connectivity index (χ3n) is 4.47. The third-order valence-corrected chi connectivity index (χ3v) is 5.33. The number of rotatable bonds is 5. The number of amides is 3. The van der Waals surface area contributed by atoms with Gasteiger partial charge >= 0.3 is 0 Å². The fourth-order valence-electron chi connectivity index (χ4n) is 2.82. The van der Waals surface area contributed by atoms with Crippen molar-refractivity contribution in [3.05, 3.63) is 39.9 Å². The van der Waals surface area contributed by atoms with Crippen molar-refractivity contribution < 1.29 is 14.4 Å². The van der Waals surface area contributed by atoms with Crippen LogP contribution in [0.2, 0.25) is 0 Å². The van der Waals surface area contributed by atoms with E-state index in [1.165, 1.54) is 4.90 Å².